The quantitative estimate of drug-likeness (QED) is 0.548. The molecule has 1 N–H and O–H groups in total. The zero-order chi connectivity index (χ0) is 12.1. The Kier molecular flexibility index (Phi) is 5.29. The summed E-state index contributed by atoms with van der Waals surface area (Å²) in [5.41, 5.74) is -1.86. The van der Waals surface area contributed by atoms with E-state index in [0.717, 1.165) is 19.3 Å². The second-order valence-corrected chi connectivity index (χ2v) is 5.00. The molecule has 3 nitrogen and oxygen atoms in total. The lowest BCUT2D eigenvalue weighted by Crippen LogP contribution is -2.48. The van der Waals surface area contributed by atoms with Gasteiger partial charge >= 0.3 is 5.97 Å². The Morgan fingerprint density at radius 1 is 1.20 bits per heavy atom. The summed E-state index contributed by atoms with van der Waals surface area (Å²) in [6, 6.07) is 0. The van der Waals surface area contributed by atoms with Crippen molar-refractivity contribution in [2.24, 2.45) is 0 Å². The Hall–Kier alpha value is -0.570. The molecule has 0 amide bonds. The van der Waals surface area contributed by atoms with Crippen molar-refractivity contribution in [2.75, 3.05) is 0 Å². The van der Waals surface area contributed by atoms with Crippen LogP contribution in [0.4, 0.5) is 0 Å². The van der Waals surface area contributed by atoms with Crippen molar-refractivity contribution in [3.63, 3.8) is 0 Å². The van der Waals surface area contributed by atoms with Crippen LogP contribution in [0.15, 0.2) is 0 Å². The summed E-state index contributed by atoms with van der Waals surface area (Å²) >= 11 is 0. The van der Waals surface area contributed by atoms with Crippen molar-refractivity contribution < 1.29 is 14.6 Å². The second kappa shape index (κ2) is 5.50. The van der Waals surface area contributed by atoms with Crippen LogP contribution in [0, 0.1) is 0 Å². The summed E-state index contributed by atoms with van der Waals surface area (Å²) in [7, 11) is 0. The van der Waals surface area contributed by atoms with Crippen molar-refractivity contribution >= 4 is 5.97 Å². The van der Waals surface area contributed by atoms with Gasteiger partial charge in [0.15, 0.2) is 0 Å². The number of hydrogen-bond acceptors (Lipinski definition) is 3. The summed E-state index contributed by atoms with van der Waals surface area (Å²) < 4.78 is 5.26. The van der Waals surface area contributed by atoms with Crippen LogP contribution < -0.4 is 0 Å². The molecule has 0 saturated heterocycles. The van der Waals surface area contributed by atoms with Gasteiger partial charge in [-0.15, -0.1) is 0 Å². The highest BCUT2D eigenvalue weighted by Gasteiger charge is 2.38. The highest BCUT2D eigenvalue weighted by atomic mass is 16.6. The molecule has 0 rings (SSSR count). The average Bonchev–Trinajstić information content (AvgIpc) is 2.01. The molecule has 0 aliphatic heterocycles. The number of esters is 1. The molecule has 0 heterocycles. The van der Waals surface area contributed by atoms with Gasteiger partial charge in [0.2, 0.25) is 0 Å². The molecule has 0 unspecified atom stereocenters. The van der Waals surface area contributed by atoms with Crippen LogP contribution in [0.25, 0.3) is 0 Å². The first-order valence-corrected chi connectivity index (χ1v) is 5.65. The highest BCUT2D eigenvalue weighted by Crippen LogP contribution is 2.25. The molecule has 0 saturated carbocycles. The minimum Gasteiger partial charge on any atom is -0.457 e. The van der Waals surface area contributed by atoms with E-state index in [9.17, 15) is 9.90 Å². The van der Waals surface area contributed by atoms with E-state index < -0.39 is 11.2 Å². The third-order valence-corrected chi connectivity index (χ3v) is 2.83. The molecule has 0 aromatic carbocycles. The maximum atomic E-state index is 11.4. The molecule has 0 aromatic heterocycles. The molecular weight excluding hydrogens is 192 g/mol. The number of aliphatic hydroxyl groups is 1. The molecule has 3 heteroatoms. The minimum absolute atomic E-state index is 0.226. The Morgan fingerprint density at radius 2 is 1.73 bits per heavy atom. The van der Waals surface area contributed by atoms with E-state index in [4.69, 9.17) is 4.74 Å². The highest BCUT2D eigenvalue weighted by molar-refractivity contribution is 5.69. The van der Waals surface area contributed by atoms with E-state index in [1.165, 1.54) is 0 Å². The monoisotopic (exact) mass is 216 g/mol. The van der Waals surface area contributed by atoms with Gasteiger partial charge in [-0.25, -0.2) is 0 Å². The number of unbranched alkanes of at least 4 members (excludes halogenated alkanes) is 2. The Morgan fingerprint density at radius 3 is 2.13 bits per heavy atom. The zero-order valence-corrected chi connectivity index (χ0v) is 10.6. The molecule has 0 radical (unpaired) electrons. The van der Waals surface area contributed by atoms with E-state index in [0.29, 0.717) is 6.42 Å². The normalized spacial score (nSPS) is 12.7. The van der Waals surface area contributed by atoms with Gasteiger partial charge in [-0.05, 0) is 34.1 Å². The molecule has 0 aliphatic rings. The van der Waals surface area contributed by atoms with Crippen LogP contribution in [0.3, 0.4) is 0 Å². The second-order valence-electron chi connectivity index (χ2n) is 5.00. The lowest BCUT2D eigenvalue weighted by Gasteiger charge is -2.36. The molecular formula is C12H24O3. The maximum absolute atomic E-state index is 11.4. The summed E-state index contributed by atoms with van der Waals surface area (Å²) in [5, 5.41) is 9.79. The molecule has 0 bridgehead atoms. The molecule has 15 heavy (non-hydrogen) atoms. The van der Waals surface area contributed by atoms with E-state index in [-0.39, 0.29) is 5.97 Å². The van der Waals surface area contributed by atoms with Crippen LogP contribution in [-0.2, 0) is 9.53 Å². The van der Waals surface area contributed by atoms with Crippen LogP contribution in [0.5, 0.6) is 0 Å². The fourth-order valence-electron chi connectivity index (χ4n) is 0.980. The largest absolute Gasteiger partial charge is 0.457 e. The number of rotatable bonds is 6. The third kappa shape index (κ3) is 5.17. The predicted octanol–water partition coefficient (Wildman–Crippen LogP) is 2.66. The molecule has 0 spiro atoms. The van der Waals surface area contributed by atoms with Crippen LogP contribution in [0.2, 0.25) is 0 Å². The van der Waals surface area contributed by atoms with Crippen molar-refractivity contribution in [3.8, 4) is 0 Å². The Bertz CT molecular complexity index is 201. The predicted molar refractivity (Wildman–Crippen MR) is 60.6 cm³/mol. The Labute approximate surface area is 92.8 Å². The summed E-state index contributed by atoms with van der Waals surface area (Å²) in [4.78, 5) is 11.4. The first kappa shape index (κ1) is 14.4. The van der Waals surface area contributed by atoms with Gasteiger partial charge in [-0.3, -0.25) is 4.79 Å². The van der Waals surface area contributed by atoms with Crippen LogP contribution in [0.1, 0.15) is 60.3 Å². The SMILES string of the molecule is CCCCCC(=O)OC(C)(C)C(C)(C)O. The van der Waals surface area contributed by atoms with Crippen molar-refractivity contribution in [2.45, 2.75) is 71.5 Å². The van der Waals surface area contributed by atoms with Gasteiger partial charge in [0.25, 0.3) is 0 Å². The van der Waals surface area contributed by atoms with Crippen molar-refractivity contribution in [1.29, 1.82) is 0 Å². The summed E-state index contributed by atoms with van der Waals surface area (Å²) in [6.45, 7) is 8.83. The van der Waals surface area contributed by atoms with Gasteiger partial charge in [0, 0.05) is 6.42 Å². The lowest BCUT2D eigenvalue weighted by atomic mass is 9.89. The Balaban J connectivity index is 4.06. The van der Waals surface area contributed by atoms with Crippen molar-refractivity contribution in [3.05, 3.63) is 0 Å². The molecule has 0 aliphatic carbocycles. The standard InChI is InChI=1S/C12H24O3/c1-6-7-8-9-10(13)15-12(4,5)11(2,3)14/h14H,6-9H2,1-5H3. The molecule has 0 fully saturated rings. The van der Waals surface area contributed by atoms with Gasteiger partial charge in [-0.2, -0.15) is 0 Å². The fraction of sp³-hybridized carbons (Fsp3) is 0.917. The van der Waals surface area contributed by atoms with Crippen LogP contribution in [-0.4, -0.2) is 22.3 Å². The number of hydrogen-bond donors (Lipinski definition) is 1. The van der Waals surface area contributed by atoms with Gasteiger partial charge in [0.05, 0.1) is 5.60 Å². The number of ether oxygens (including phenoxy) is 1. The third-order valence-electron chi connectivity index (χ3n) is 2.83. The topological polar surface area (TPSA) is 46.5 Å². The maximum Gasteiger partial charge on any atom is 0.306 e. The zero-order valence-electron chi connectivity index (χ0n) is 10.6. The van der Waals surface area contributed by atoms with E-state index in [1.807, 2.05) is 0 Å². The lowest BCUT2D eigenvalue weighted by molar-refractivity contribution is -0.180. The van der Waals surface area contributed by atoms with Gasteiger partial charge in [-0.1, -0.05) is 19.8 Å². The van der Waals surface area contributed by atoms with Gasteiger partial charge in [0.1, 0.15) is 5.60 Å². The van der Waals surface area contributed by atoms with Crippen molar-refractivity contribution in [1.82, 2.24) is 0 Å². The first-order valence-electron chi connectivity index (χ1n) is 5.65. The molecule has 0 aromatic rings. The first-order chi connectivity index (χ1) is 6.70. The number of carbonyl (C=O) groups is 1. The van der Waals surface area contributed by atoms with E-state index >= 15 is 0 Å². The number of carbonyl (C=O) groups excluding carboxylic acids is 1. The van der Waals surface area contributed by atoms with Crippen LogP contribution >= 0.6 is 0 Å². The van der Waals surface area contributed by atoms with E-state index in [2.05, 4.69) is 6.92 Å². The van der Waals surface area contributed by atoms with Gasteiger partial charge < -0.3 is 9.84 Å². The summed E-state index contributed by atoms with van der Waals surface area (Å²) in [5.74, 6) is -0.226. The fourth-order valence-corrected chi connectivity index (χ4v) is 0.980. The van der Waals surface area contributed by atoms with E-state index in [1.54, 1.807) is 27.7 Å². The summed E-state index contributed by atoms with van der Waals surface area (Å²) in [6.07, 6.45) is 3.42. The molecule has 0 atom stereocenters. The minimum atomic E-state index is -1.02. The average molecular weight is 216 g/mol. The molecule has 90 valence electrons. The smallest absolute Gasteiger partial charge is 0.306 e.